The minimum Gasteiger partial charge on any atom is -0.494 e. The number of amides is 1. The van der Waals surface area contributed by atoms with Crippen molar-refractivity contribution in [1.82, 2.24) is 4.90 Å². The first-order chi connectivity index (χ1) is 14.0. The van der Waals surface area contributed by atoms with Gasteiger partial charge in [-0.1, -0.05) is 31.0 Å². The van der Waals surface area contributed by atoms with Gasteiger partial charge in [-0.25, -0.2) is 0 Å². The third kappa shape index (κ3) is 6.92. The average molecular weight is 432 g/mol. The van der Waals surface area contributed by atoms with Gasteiger partial charge >= 0.3 is 0 Å². The molecule has 1 saturated heterocycles. The molecule has 0 aromatic heterocycles. The number of carbonyl (C=O) groups excluding carboxylic acids is 1. The van der Waals surface area contributed by atoms with Crippen molar-refractivity contribution in [3.05, 3.63) is 53.6 Å². The summed E-state index contributed by atoms with van der Waals surface area (Å²) in [7, 11) is 0. The molecule has 0 atom stereocenters. The second-order valence-electron chi connectivity index (χ2n) is 7.83. The molecule has 164 valence electrons. The number of unbranched alkanes of at least 4 members (excludes halogenated alkanes) is 1. The van der Waals surface area contributed by atoms with E-state index in [0.717, 1.165) is 57.1 Å². The highest BCUT2D eigenvalue weighted by molar-refractivity contribution is 5.92. The molecule has 0 saturated carbocycles. The number of rotatable bonds is 8. The molecule has 5 nitrogen and oxygen atoms in total. The molecule has 2 aromatic rings. The van der Waals surface area contributed by atoms with Crippen molar-refractivity contribution in [3.63, 3.8) is 0 Å². The molecule has 0 bridgehead atoms. The Bertz CT molecular complexity index is 803. The highest BCUT2D eigenvalue weighted by Gasteiger charge is 2.20. The minimum absolute atomic E-state index is 0. The van der Waals surface area contributed by atoms with Crippen molar-refractivity contribution in [2.75, 3.05) is 49.5 Å². The van der Waals surface area contributed by atoms with E-state index in [1.807, 2.05) is 24.3 Å². The molecule has 1 amide bonds. The summed E-state index contributed by atoms with van der Waals surface area (Å²) in [4.78, 5) is 17.1. The Morgan fingerprint density at radius 2 is 1.73 bits per heavy atom. The molecule has 0 spiro atoms. The maximum atomic E-state index is 12.4. The number of carbonyl (C=O) groups is 1. The van der Waals surface area contributed by atoms with Crippen LogP contribution in [0.1, 0.15) is 30.9 Å². The Morgan fingerprint density at radius 1 is 1.03 bits per heavy atom. The van der Waals surface area contributed by atoms with E-state index in [1.165, 1.54) is 16.8 Å². The van der Waals surface area contributed by atoms with Crippen LogP contribution >= 0.6 is 12.4 Å². The Kier molecular flexibility index (Phi) is 9.47. The molecule has 0 aliphatic carbocycles. The second kappa shape index (κ2) is 11.8. The number of ether oxygens (including phenoxy) is 1. The van der Waals surface area contributed by atoms with E-state index in [4.69, 9.17) is 4.74 Å². The first kappa shape index (κ1) is 24.0. The fourth-order valence-electron chi connectivity index (χ4n) is 3.68. The van der Waals surface area contributed by atoms with Gasteiger partial charge < -0.3 is 15.0 Å². The lowest BCUT2D eigenvalue weighted by atomic mass is 10.1. The third-order valence-electron chi connectivity index (χ3n) is 5.34. The van der Waals surface area contributed by atoms with Gasteiger partial charge in [0.2, 0.25) is 5.91 Å². The van der Waals surface area contributed by atoms with Crippen LogP contribution in [0.4, 0.5) is 11.4 Å². The van der Waals surface area contributed by atoms with Gasteiger partial charge in [-0.15, -0.1) is 12.4 Å². The number of halogens is 1. The predicted molar refractivity (Wildman–Crippen MR) is 127 cm³/mol. The zero-order chi connectivity index (χ0) is 20.6. The molecule has 6 heteroatoms. The Hall–Kier alpha value is -2.24. The minimum atomic E-state index is 0. The molecule has 0 radical (unpaired) electrons. The molecule has 1 aliphatic rings. The number of hydrogen-bond donors (Lipinski definition) is 1. The fourth-order valence-corrected chi connectivity index (χ4v) is 3.68. The van der Waals surface area contributed by atoms with Gasteiger partial charge in [0.15, 0.2) is 0 Å². The van der Waals surface area contributed by atoms with Gasteiger partial charge in [0.1, 0.15) is 5.75 Å². The van der Waals surface area contributed by atoms with E-state index in [9.17, 15) is 4.79 Å². The third-order valence-corrected chi connectivity index (χ3v) is 5.34. The van der Waals surface area contributed by atoms with E-state index < -0.39 is 0 Å². The van der Waals surface area contributed by atoms with Gasteiger partial charge in [0, 0.05) is 37.6 Å². The molecule has 1 N–H and O–H groups in total. The Labute approximate surface area is 186 Å². The summed E-state index contributed by atoms with van der Waals surface area (Å²) in [5, 5.41) is 2.99. The molecular weight excluding hydrogens is 398 g/mol. The molecule has 1 aliphatic heterocycles. The van der Waals surface area contributed by atoms with Gasteiger partial charge in [-0.05, 0) is 56.2 Å². The van der Waals surface area contributed by atoms with Gasteiger partial charge in [0.05, 0.1) is 13.2 Å². The molecule has 0 unspecified atom stereocenters. The lowest BCUT2D eigenvalue weighted by molar-refractivity contribution is -0.117. The van der Waals surface area contributed by atoms with Gasteiger partial charge in [-0.2, -0.15) is 0 Å². The molecule has 1 fully saturated rings. The number of aryl methyl sites for hydroxylation is 2. The maximum absolute atomic E-state index is 12.4. The van der Waals surface area contributed by atoms with Crippen LogP contribution in [-0.4, -0.2) is 50.1 Å². The van der Waals surface area contributed by atoms with E-state index in [2.05, 4.69) is 54.1 Å². The summed E-state index contributed by atoms with van der Waals surface area (Å²) in [6.45, 7) is 11.3. The van der Waals surface area contributed by atoms with Crippen LogP contribution in [0.3, 0.4) is 0 Å². The van der Waals surface area contributed by atoms with Crippen LogP contribution in [0, 0.1) is 13.8 Å². The van der Waals surface area contributed by atoms with Crippen molar-refractivity contribution >= 4 is 29.7 Å². The fraction of sp³-hybridized carbons (Fsp3) is 0.458. The topological polar surface area (TPSA) is 44.8 Å². The van der Waals surface area contributed by atoms with Crippen molar-refractivity contribution in [1.29, 1.82) is 0 Å². The van der Waals surface area contributed by atoms with Crippen molar-refractivity contribution < 1.29 is 9.53 Å². The highest BCUT2D eigenvalue weighted by atomic mass is 35.5. The Morgan fingerprint density at radius 3 is 2.37 bits per heavy atom. The average Bonchev–Trinajstić information content (AvgIpc) is 2.70. The molecule has 2 aromatic carbocycles. The zero-order valence-electron chi connectivity index (χ0n) is 18.3. The van der Waals surface area contributed by atoms with Crippen LogP contribution < -0.4 is 15.0 Å². The van der Waals surface area contributed by atoms with Gasteiger partial charge in [-0.3, -0.25) is 9.69 Å². The summed E-state index contributed by atoms with van der Waals surface area (Å²) in [5.74, 6) is 0.878. The van der Waals surface area contributed by atoms with E-state index >= 15 is 0 Å². The molecule has 1 heterocycles. The SMILES string of the molecule is CCCCOc1ccc(NC(=O)CN2CCN(c3ccc(C)cc3C)CC2)cc1.Cl. The number of piperazine rings is 1. The highest BCUT2D eigenvalue weighted by Crippen LogP contribution is 2.22. The lowest BCUT2D eigenvalue weighted by Crippen LogP contribution is -2.48. The number of nitrogens with zero attached hydrogens (tertiary/aromatic N) is 2. The quantitative estimate of drug-likeness (QED) is 0.617. The predicted octanol–water partition coefficient (Wildman–Crippen LogP) is 4.66. The monoisotopic (exact) mass is 431 g/mol. The van der Waals surface area contributed by atoms with E-state index in [1.54, 1.807) is 0 Å². The summed E-state index contributed by atoms with van der Waals surface area (Å²) < 4.78 is 5.66. The van der Waals surface area contributed by atoms with E-state index in [0.29, 0.717) is 6.54 Å². The summed E-state index contributed by atoms with van der Waals surface area (Å²) >= 11 is 0. The van der Waals surface area contributed by atoms with Crippen LogP contribution in [0.5, 0.6) is 5.75 Å². The van der Waals surface area contributed by atoms with Crippen molar-refractivity contribution in [2.45, 2.75) is 33.6 Å². The van der Waals surface area contributed by atoms with Crippen LogP contribution in [0.15, 0.2) is 42.5 Å². The van der Waals surface area contributed by atoms with E-state index in [-0.39, 0.29) is 18.3 Å². The molecule has 30 heavy (non-hydrogen) atoms. The molecule has 3 rings (SSSR count). The van der Waals surface area contributed by atoms with Crippen LogP contribution in [-0.2, 0) is 4.79 Å². The molecular formula is C24H34ClN3O2. The largest absolute Gasteiger partial charge is 0.494 e. The smallest absolute Gasteiger partial charge is 0.238 e. The lowest BCUT2D eigenvalue weighted by Gasteiger charge is -2.36. The Balaban J connectivity index is 0.00000320. The first-order valence-corrected chi connectivity index (χ1v) is 10.6. The van der Waals surface area contributed by atoms with Crippen LogP contribution in [0.25, 0.3) is 0 Å². The number of benzene rings is 2. The maximum Gasteiger partial charge on any atom is 0.238 e. The zero-order valence-corrected chi connectivity index (χ0v) is 19.1. The summed E-state index contributed by atoms with van der Waals surface area (Å²) in [6.07, 6.45) is 2.17. The summed E-state index contributed by atoms with van der Waals surface area (Å²) in [6, 6.07) is 14.2. The number of hydrogen-bond acceptors (Lipinski definition) is 4. The number of anilines is 2. The second-order valence-corrected chi connectivity index (χ2v) is 7.83. The summed E-state index contributed by atoms with van der Waals surface area (Å²) in [5.41, 5.74) is 4.73. The first-order valence-electron chi connectivity index (χ1n) is 10.6. The van der Waals surface area contributed by atoms with Crippen molar-refractivity contribution in [2.24, 2.45) is 0 Å². The standard InChI is InChI=1S/C24H33N3O2.ClH/c1-4-5-16-29-22-9-7-21(8-10-22)25-24(28)18-26-12-14-27(15-13-26)23-11-6-19(2)17-20(23)3;/h6-11,17H,4-5,12-16,18H2,1-3H3,(H,25,28);1H. The normalized spacial score (nSPS) is 14.2. The van der Waals surface area contributed by atoms with Crippen LogP contribution in [0.2, 0.25) is 0 Å². The van der Waals surface area contributed by atoms with Crippen molar-refractivity contribution in [3.8, 4) is 5.75 Å². The number of nitrogens with one attached hydrogen (secondary N) is 1. The van der Waals surface area contributed by atoms with Gasteiger partial charge in [0.25, 0.3) is 0 Å².